The van der Waals surface area contributed by atoms with Crippen LogP contribution in [0.1, 0.15) is 23.7 Å². The maximum atomic E-state index is 12.4. The number of rotatable bonds is 7. The molecule has 0 saturated heterocycles. The van der Waals surface area contributed by atoms with Gasteiger partial charge in [0, 0.05) is 31.5 Å². The van der Waals surface area contributed by atoms with Crippen LogP contribution in [0.5, 0.6) is 0 Å². The molecular formula is C14H21N3O2S2. The fraction of sp³-hybridized carbons (Fsp3) is 0.429. The smallest absolute Gasteiger partial charge is 0.242 e. The van der Waals surface area contributed by atoms with Gasteiger partial charge in [0.1, 0.15) is 0 Å². The summed E-state index contributed by atoms with van der Waals surface area (Å²) in [6.07, 6.45) is 1.69. The fourth-order valence-electron chi connectivity index (χ4n) is 2.12. The summed E-state index contributed by atoms with van der Waals surface area (Å²) in [5.41, 5.74) is 3.10. The van der Waals surface area contributed by atoms with E-state index in [1.165, 1.54) is 0 Å². The number of aryl methyl sites for hydroxylation is 2. The molecule has 2 aromatic rings. The van der Waals surface area contributed by atoms with Crippen LogP contribution in [-0.2, 0) is 29.7 Å². The topological polar surface area (TPSA) is 63.1 Å². The Morgan fingerprint density at radius 2 is 2.05 bits per heavy atom. The molecule has 0 spiro atoms. The van der Waals surface area contributed by atoms with Gasteiger partial charge in [-0.1, -0.05) is 0 Å². The molecule has 0 saturated carbocycles. The van der Waals surface area contributed by atoms with Crippen LogP contribution < -0.4 is 10.0 Å². The summed E-state index contributed by atoms with van der Waals surface area (Å²) in [5, 5.41) is 7.04. The van der Waals surface area contributed by atoms with Crippen LogP contribution in [0.4, 0.5) is 0 Å². The minimum Gasteiger partial charge on any atom is -0.349 e. The third-order valence-corrected chi connectivity index (χ3v) is 5.66. The van der Waals surface area contributed by atoms with E-state index < -0.39 is 10.0 Å². The Kier molecular flexibility index (Phi) is 5.21. The van der Waals surface area contributed by atoms with Crippen LogP contribution in [0.25, 0.3) is 0 Å². The van der Waals surface area contributed by atoms with Gasteiger partial charge in [0.2, 0.25) is 10.0 Å². The third kappa shape index (κ3) is 3.74. The van der Waals surface area contributed by atoms with Gasteiger partial charge in [-0.25, -0.2) is 13.1 Å². The van der Waals surface area contributed by atoms with Crippen LogP contribution in [0.3, 0.4) is 0 Å². The average molecular weight is 327 g/mol. The summed E-state index contributed by atoms with van der Waals surface area (Å²) < 4.78 is 29.4. The van der Waals surface area contributed by atoms with Gasteiger partial charge in [-0.2, -0.15) is 11.3 Å². The van der Waals surface area contributed by atoms with Crippen molar-refractivity contribution in [3.8, 4) is 0 Å². The van der Waals surface area contributed by atoms with Gasteiger partial charge in [-0.3, -0.25) is 0 Å². The molecule has 2 N–H and O–H groups in total. The van der Waals surface area contributed by atoms with Crippen LogP contribution in [0, 0.1) is 6.92 Å². The lowest BCUT2D eigenvalue weighted by Crippen LogP contribution is -2.23. The highest BCUT2D eigenvalue weighted by atomic mass is 32.2. The van der Waals surface area contributed by atoms with Gasteiger partial charge in [0.25, 0.3) is 0 Å². The first kappa shape index (κ1) is 16.2. The van der Waals surface area contributed by atoms with Crippen molar-refractivity contribution in [2.75, 3.05) is 7.05 Å². The Morgan fingerprint density at radius 1 is 1.29 bits per heavy atom. The van der Waals surface area contributed by atoms with E-state index >= 15 is 0 Å². The van der Waals surface area contributed by atoms with Crippen molar-refractivity contribution in [3.63, 3.8) is 0 Å². The molecule has 2 rings (SSSR count). The fourth-order valence-corrected chi connectivity index (χ4v) is 4.05. The van der Waals surface area contributed by atoms with E-state index in [1.807, 2.05) is 36.2 Å². The van der Waals surface area contributed by atoms with Crippen LogP contribution in [0.2, 0.25) is 0 Å². The lowest BCUT2D eigenvalue weighted by molar-refractivity contribution is 0.581. The second-order valence-electron chi connectivity index (χ2n) is 4.89. The normalized spacial score (nSPS) is 12.0. The summed E-state index contributed by atoms with van der Waals surface area (Å²) in [5.74, 6) is 0. The maximum Gasteiger partial charge on any atom is 0.242 e. The molecule has 5 nitrogen and oxygen atoms in total. The van der Waals surface area contributed by atoms with Crippen molar-refractivity contribution in [3.05, 3.63) is 39.8 Å². The Bertz CT molecular complexity index is 702. The molecule has 0 unspecified atom stereocenters. The number of nitrogens with zero attached hydrogens (tertiary/aromatic N) is 1. The molecule has 116 valence electrons. The molecule has 0 aliphatic heterocycles. The van der Waals surface area contributed by atoms with Crippen molar-refractivity contribution < 1.29 is 8.42 Å². The Labute approximate surface area is 130 Å². The molecule has 0 fully saturated rings. The summed E-state index contributed by atoms with van der Waals surface area (Å²) in [6, 6.07) is 1.73. The Balaban J connectivity index is 2.17. The lowest BCUT2D eigenvalue weighted by Gasteiger charge is -2.04. The standard InChI is InChI=1S/C14H21N3O2S2/c1-4-17-8-14(5-13(17)7-15-3)21(18,19)16-6-12-10-20-9-11(12)2/h5,8-10,15-16H,4,6-7H2,1-3H3. The van der Waals surface area contributed by atoms with E-state index in [0.717, 1.165) is 23.4 Å². The SMILES string of the molecule is CCn1cc(S(=O)(=O)NCc2cscc2C)cc1CNC. The lowest BCUT2D eigenvalue weighted by atomic mass is 10.2. The first-order valence-corrected chi connectivity index (χ1v) is 9.25. The van der Waals surface area contributed by atoms with Crippen molar-refractivity contribution in [2.45, 2.75) is 38.4 Å². The average Bonchev–Trinajstić information content (AvgIpc) is 3.04. The molecule has 2 aromatic heterocycles. The number of sulfonamides is 1. The van der Waals surface area contributed by atoms with Gasteiger partial charge < -0.3 is 9.88 Å². The van der Waals surface area contributed by atoms with Crippen molar-refractivity contribution >= 4 is 21.4 Å². The molecule has 0 atom stereocenters. The van der Waals surface area contributed by atoms with Crippen LogP contribution in [0.15, 0.2) is 27.9 Å². The molecule has 0 radical (unpaired) electrons. The highest BCUT2D eigenvalue weighted by Gasteiger charge is 2.18. The third-order valence-electron chi connectivity index (χ3n) is 3.38. The first-order chi connectivity index (χ1) is 9.97. The number of thiophene rings is 1. The Hall–Kier alpha value is -1.15. The quantitative estimate of drug-likeness (QED) is 0.818. The minimum absolute atomic E-state index is 0.322. The highest BCUT2D eigenvalue weighted by Crippen LogP contribution is 2.17. The molecule has 21 heavy (non-hydrogen) atoms. The van der Waals surface area contributed by atoms with Crippen molar-refractivity contribution in [2.24, 2.45) is 0 Å². The van der Waals surface area contributed by atoms with Crippen molar-refractivity contribution in [1.29, 1.82) is 0 Å². The van der Waals surface area contributed by atoms with Gasteiger partial charge in [-0.15, -0.1) is 0 Å². The number of hydrogen-bond acceptors (Lipinski definition) is 4. The molecule has 0 bridgehead atoms. The predicted molar refractivity (Wildman–Crippen MR) is 86.0 cm³/mol. The first-order valence-electron chi connectivity index (χ1n) is 6.83. The van der Waals surface area contributed by atoms with Crippen molar-refractivity contribution in [1.82, 2.24) is 14.6 Å². The van der Waals surface area contributed by atoms with E-state index in [4.69, 9.17) is 0 Å². The predicted octanol–water partition coefficient (Wildman–Crippen LogP) is 2.08. The van der Waals surface area contributed by atoms with E-state index in [0.29, 0.717) is 18.0 Å². The number of hydrogen-bond donors (Lipinski definition) is 2. The summed E-state index contributed by atoms with van der Waals surface area (Å²) in [6.45, 7) is 5.70. The molecule has 0 aliphatic carbocycles. The van der Waals surface area contributed by atoms with E-state index in [-0.39, 0.29) is 0 Å². The molecular weight excluding hydrogens is 306 g/mol. The zero-order chi connectivity index (χ0) is 15.5. The molecule has 0 aromatic carbocycles. The van der Waals surface area contributed by atoms with Gasteiger partial charge in [0.05, 0.1) is 4.90 Å². The van der Waals surface area contributed by atoms with Gasteiger partial charge in [0.15, 0.2) is 0 Å². The zero-order valence-corrected chi connectivity index (χ0v) is 14.1. The van der Waals surface area contributed by atoms with E-state index in [1.54, 1.807) is 23.6 Å². The summed E-state index contributed by atoms with van der Waals surface area (Å²) in [7, 11) is -1.63. The van der Waals surface area contributed by atoms with Gasteiger partial charge >= 0.3 is 0 Å². The minimum atomic E-state index is -3.48. The summed E-state index contributed by atoms with van der Waals surface area (Å²) >= 11 is 1.58. The molecule has 0 aliphatic rings. The molecule has 7 heteroatoms. The van der Waals surface area contributed by atoms with E-state index in [2.05, 4.69) is 10.0 Å². The summed E-state index contributed by atoms with van der Waals surface area (Å²) in [4.78, 5) is 0.322. The largest absolute Gasteiger partial charge is 0.349 e. The maximum absolute atomic E-state index is 12.4. The van der Waals surface area contributed by atoms with E-state index in [9.17, 15) is 8.42 Å². The Morgan fingerprint density at radius 3 is 2.62 bits per heavy atom. The van der Waals surface area contributed by atoms with Gasteiger partial charge in [-0.05, 0) is 48.8 Å². The highest BCUT2D eigenvalue weighted by molar-refractivity contribution is 7.89. The van der Waals surface area contributed by atoms with Crippen LogP contribution >= 0.6 is 11.3 Å². The second-order valence-corrected chi connectivity index (χ2v) is 7.40. The molecule has 2 heterocycles. The number of aromatic nitrogens is 1. The van der Waals surface area contributed by atoms with Crippen LogP contribution in [-0.4, -0.2) is 20.0 Å². The zero-order valence-electron chi connectivity index (χ0n) is 12.5. The second kappa shape index (κ2) is 6.74. The molecule has 0 amide bonds. The number of nitrogens with one attached hydrogen (secondary N) is 2. The monoisotopic (exact) mass is 327 g/mol.